The summed E-state index contributed by atoms with van der Waals surface area (Å²) in [4.78, 5) is 15.8. The Balaban J connectivity index is 2.14. The average Bonchev–Trinajstić information content (AvgIpc) is 2.75. The minimum atomic E-state index is -3.75. The molecule has 1 aromatic heterocycles. The second kappa shape index (κ2) is 5.28. The molecule has 1 heterocycles. The van der Waals surface area contributed by atoms with Gasteiger partial charge in [0.25, 0.3) is 15.0 Å². The SMILES string of the molecule is Cc1nc(C(=O)Nc2ccc(S(=O)(=O)Cl)cc2)cs1. The Bertz CT molecular complexity index is 708. The molecule has 0 fully saturated rings. The van der Waals surface area contributed by atoms with Crippen LogP contribution in [0.4, 0.5) is 5.69 Å². The number of rotatable bonds is 3. The Morgan fingerprint density at radius 1 is 1.32 bits per heavy atom. The van der Waals surface area contributed by atoms with Crippen molar-refractivity contribution in [2.24, 2.45) is 0 Å². The van der Waals surface area contributed by atoms with Crippen LogP contribution in [0.25, 0.3) is 0 Å². The van der Waals surface area contributed by atoms with E-state index in [1.54, 1.807) is 5.38 Å². The molecule has 0 aliphatic rings. The van der Waals surface area contributed by atoms with Gasteiger partial charge in [0, 0.05) is 21.7 Å². The molecule has 0 unspecified atom stereocenters. The maximum absolute atomic E-state index is 11.8. The van der Waals surface area contributed by atoms with E-state index < -0.39 is 9.05 Å². The number of thiazole rings is 1. The number of benzene rings is 1. The van der Waals surface area contributed by atoms with Gasteiger partial charge in [-0.2, -0.15) is 0 Å². The molecular weight excluding hydrogens is 308 g/mol. The van der Waals surface area contributed by atoms with Crippen molar-refractivity contribution < 1.29 is 13.2 Å². The van der Waals surface area contributed by atoms with Gasteiger partial charge in [0.1, 0.15) is 5.69 Å². The first-order valence-corrected chi connectivity index (χ1v) is 8.33. The van der Waals surface area contributed by atoms with Crippen molar-refractivity contribution in [1.29, 1.82) is 0 Å². The minimum absolute atomic E-state index is 0.0170. The summed E-state index contributed by atoms with van der Waals surface area (Å²) in [7, 11) is 1.44. The zero-order valence-electron chi connectivity index (χ0n) is 9.75. The van der Waals surface area contributed by atoms with Crippen LogP contribution in [-0.2, 0) is 9.05 Å². The van der Waals surface area contributed by atoms with Crippen molar-refractivity contribution in [3.63, 3.8) is 0 Å². The van der Waals surface area contributed by atoms with Gasteiger partial charge in [0.2, 0.25) is 0 Å². The van der Waals surface area contributed by atoms with Crippen molar-refractivity contribution in [3.05, 3.63) is 40.3 Å². The maximum Gasteiger partial charge on any atom is 0.275 e. The molecule has 0 bridgehead atoms. The molecule has 0 saturated heterocycles. The predicted octanol–water partition coefficient (Wildman–Crippen LogP) is 2.63. The molecule has 2 aromatic rings. The van der Waals surface area contributed by atoms with Gasteiger partial charge in [0.15, 0.2) is 0 Å². The standard InChI is InChI=1S/C11H9ClN2O3S2/c1-7-13-10(6-18-7)11(15)14-8-2-4-9(5-3-8)19(12,16)17/h2-6H,1H3,(H,14,15). The van der Waals surface area contributed by atoms with Gasteiger partial charge in [-0.05, 0) is 31.2 Å². The van der Waals surface area contributed by atoms with Crippen LogP contribution in [0.1, 0.15) is 15.5 Å². The van der Waals surface area contributed by atoms with E-state index in [0.29, 0.717) is 11.4 Å². The van der Waals surface area contributed by atoms with Crippen molar-refractivity contribution in [3.8, 4) is 0 Å². The Morgan fingerprint density at radius 3 is 2.42 bits per heavy atom. The van der Waals surface area contributed by atoms with Crippen molar-refractivity contribution >= 4 is 42.7 Å². The third-order valence-electron chi connectivity index (χ3n) is 2.25. The molecule has 0 saturated carbocycles. The number of hydrogen-bond donors (Lipinski definition) is 1. The van der Waals surface area contributed by atoms with E-state index >= 15 is 0 Å². The Kier molecular flexibility index (Phi) is 3.88. The van der Waals surface area contributed by atoms with E-state index in [0.717, 1.165) is 5.01 Å². The van der Waals surface area contributed by atoms with Crippen LogP contribution in [0, 0.1) is 6.92 Å². The van der Waals surface area contributed by atoms with Crippen molar-refractivity contribution in [1.82, 2.24) is 4.98 Å². The minimum Gasteiger partial charge on any atom is -0.321 e. The summed E-state index contributed by atoms with van der Waals surface area (Å²) in [5.41, 5.74) is 0.802. The summed E-state index contributed by atoms with van der Waals surface area (Å²) in [6, 6.07) is 5.58. The number of amides is 1. The molecule has 1 aromatic carbocycles. The number of aromatic nitrogens is 1. The first-order chi connectivity index (χ1) is 8.86. The Labute approximate surface area is 118 Å². The normalized spacial score (nSPS) is 11.3. The molecule has 0 atom stereocenters. The highest BCUT2D eigenvalue weighted by atomic mass is 35.7. The van der Waals surface area contributed by atoms with Gasteiger partial charge in [0.05, 0.1) is 9.90 Å². The number of aryl methyl sites for hydroxylation is 1. The quantitative estimate of drug-likeness (QED) is 0.883. The monoisotopic (exact) mass is 316 g/mol. The Hall–Kier alpha value is -1.44. The maximum atomic E-state index is 11.8. The van der Waals surface area contributed by atoms with E-state index in [2.05, 4.69) is 10.3 Å². The highest BCUT2D eigenvalue weighted by molar-refractivity contribution is 8.13. The summed E-state index contributed by atoms with van der Waals surface area (Å²) in [5, 5.41) is 5.07. The van der Waals surface area contributed by atoms with Gasteiger partial charge in [-0.3, -0.25) is 4.79 Å². The van der Waals surface area contributed by atoms with Gasteiger partial charge in [-0.15, -0.1) is 11.3 Å². The highest BCUT2D eigenvalue weighted by Gasteiger charge is 2.12. The number of nitrogens with one attached hydrogen (secondary N) is 1. The van der Waals surface area contributed by atoms with Crippen LogP contribution < -0.4 is 5.32 Å². The largest absolute Gasteiger partial charge is 0.321 e. The lowest BCUT2D eigenvalue weighted by Gasteiger charge is -2.03. The molecule has 19 heavy (non-hydrogen) atoms. The number of hydrogen-bond acceptors (Lipinski definition) is 5. The lowest BCUT2D eigenvalue weighted by molar-refractivity contribution is 0.102. The molecule has 2 rings (SSSR count). The predicted molar refractivity (Wildman–Crippen MR) is 74.3 cm³/mol. The molecule has 0 radical (unpaired) electrons. The van der Waals surface area contributed by atoms with Crippen molar-refractivity contribution in [2.75, 3.05) is 5.32 Å². The third-order valence-corrected chi connectivity index (χ3v) is 4.39. The van der Waals surface area contributed by atoms with E-state index in [1.807, 2.05) is 6.92 Å². The summed E-state index contributed by atoms with van der Waals surface area (Å²) in [5.74, 6) is -0.342. The van der Waals surface area contributed by atoms with Gasteiger partial charge < -0.3 is 5.32 Å². The van der Waals surface area contributed by atoms with E-state index in [-0.39, 0.29) is 10.8 Å². The molecule has 0 aliphatic heterocycles. The Morgan fingerprint density at radius 2 is 1.95 bits per heavy atom. The molecule has 1 N–H and O–H groups in total. The first kappa shape index (κ1) is 14.0. The summed E-state index contributed by atoms with van der Waals surface area (Å²) in [6.45, 7) is 1.81. The summed E-state index contributed by atoms with van der Waals surface area (Å²) < 4.78 is 22.1. The lowest BCUT2D eigenvalue weighted by atomic mass is 10.3. The van der Waals surface area contributed by atoms with Crippen LogP contribution >= 0.6 is 22.0 Å². The van der Waals surface area contributed by atoms with Crippen molar-refractivity contribution in [2.45, 2.75) is 11.8 Å². The first-order valence-electron chi connectivity index (χ1n) is 5.14. The fourth-order valence-corrected chi connectivity index (χ4v) is 2.73. The summed E-state index contributed by atoms with van der Waals surface area (Å²) in [6.07, 6.45) is 0. The van der Waals surface area contributed by atoms with Crippen LogP contribution in [0.3, 0.4) is 0 Å². The fourth-order valence-electron chi connectivity index (χ4n) is 1.36. The average molecular weight is 317 g/mol. The zero-order chi connectivity index (χ0) is 14.0. The van der Waals surface area contributed by atoms with E-state index in [9.17, 15) is 13.2 Å². The zero-order valence-corrected chi connectivity index (χ0v) is 12.1. The molecule has 5 nitrogen and oxygen atoms in total. The third kappa shape index (κ3) is 3.52. The topological polar surface area (TPSA) is 76.1 Å². The fraction of sp³-hybridized carbons (Fsp3) is 0.0909. The number of halogens is 1. The summed E-state index contributed by atoms with van der Waals surface area (Å²) >= 11 is 1.38. The van der Waals surface area contributed by atoms with E-state index in [1.165, 1.54) is 35.6 Å². The molecule has 100 valence electrons. The molecule has 8 heteroatoms. The van der Waals surface area contributed by atoms with Gasteiger partial charge in [-0.1, -0.05) is 0 Å². The molecular formula is C11H9ClN2O3S2. The lowest BCUT2D eigenvalue weighted by Crippen LogP contribution is -2.12. The number of carbonyl (C=O) groups excluding carboxylic acids is 1. The molecule has 0 spiro atoms. The smallest absolute Gasteiger partial charge is 0.275 e. The second-order valence-corrected chi connectivity index (χ2v) is 7.30. The van der Waals surface area contributed by atoms with Gasteiger partial charge in [-0.25, -0.2) is 13.4 Å². The number of anilines is 1. The van der Waals surface area contributed by atoms with Crippen LogP contribution in [-0.4, -0.2) is 19.3 Å². The molecule has 0 aliphatic carbocycles. The second-order valence-electron chi connectivity index (χ2n) is 3.67. The highest BCUT2D eigenvalue weighted by Crippen LogP contribution is 2.18. The number of nitrogens with zero attached hydrogens (tertiary/aromatic N) is 1. The van der Waals surface area contributed by atoms with Crippen LogP contribution in [0.2, 0.25) is 0 Å². The van der Waals surface area contributed by atoms with E-state index in [4.69, 9.17) is 10.7 Å². The number of carbonyl (C=O) groups is 1. The molecule has 1 amide bonds. The van der Waals surface area contributed by atoms with Crippen LogP contribution in [0.15, 0.2) is 34.5 Å². The van der Waals surface area contributed by atoms with Crippen LogP contribution in [0.5, 0.6) is 0 Å². The van der Waals surface area contributed by atoms with Gasteiger partial charge >= 0.3 is 0 Å².